The lowest BCUT2D eigenvalue weighted by molar-refractivity contribution is -0.137. The Kier molecular flexibility index (Phi) is 3.89. The number of aliphatic hydroxyl groups is 1. The molecule has 3 N–H and O–H groups in total. The summed E-state index contributed by atoms with van der Waals surface area (Å²) in [6, 6.07) is 3.10. The molecule has 19 heavy (non-hydrogen) atoms. The Hall–Kier alpha value is -1.43. The first-order valence-electron chi connectivity index (χ1n) is 6.17. The molecule has 3 nitrogen and oxygen atoms in total. The summed E-state index contributed by atoms with van der Waals surface area (Å²) in [5.41, 5.74) is 4.79. The van der Waals surface area contributed by atoms with Gasteiger partial charge >= 0.3 is 6.18 Å². The maximum atomic E-state index is 12.5. The van der Waals surface area contributed by atoms with E-state index < -0.39 is 11.7 Å². The fourth-order valence-electron chi connectivity index (χ4n) is 2.17. The number of rotatable bonds is 2. The smallest absolute Gasteiger partial charge is 0.416 e. The average Bonchev–Trinajstić information content (AvgIpc) is 2.33. The molecule has 0 atom stereocenters. The van der Waals surface area contributed by atoms with Crippen LogP contribution in [0.3, 0.4) is 0 Å². The van der Waals surface area contributed by atoms with Gasteiger partial charge in [-0.2, -0.15) is 13.2 Å². The Balaban J connectivity index is 2.05. The van der Waals surface area contributed by atoms with Crippen LogP contribution in [0.1, 0.15) is 31.2 Å². The molecule has 0 spiro atoms. The monoisotopic (exact) mass is 275 g/mol. The SMILES string of the molecule is Nc1cc(C(F)(F)F)ccc1OC1CCC(O)CC1. The van der Waals surface area contributed by atoms with Crippen molar-refractivity contribution in [2.45, 2.75) is 44.1 Å². The van der Waals surface area contributed by atoms with E-state index >= 15 is 0 Å². The fourth-order valence-corrected chi connectivity index (χ4v) is 2.17. The van der Waals surface area contributed by atoms with Crippen LogP contribution in [0.15, 0.2) is 18.2 Å². The Bertz CT molecular complexity index is 440. The number of nitrogens with two attached hydrogens (primary N) is 1. The van der Waals surface area contributed by atoms with E-state index in [2.05, 4.69) is 0 Å². The number of alkyl halides is 3. The van der Waals surface area contributed by atoms with Gasteiger partial charge in [-0.05, 0) is 43.9 Å². The zero-order valence-electron chi connectivity index (χ0n) is 10.3. The van der Waals surface area contributed by atoms with Crippen LogP contribution in [0, 0.1) is 0 Å². The first-order chi connectivity index (χ1) is 8.86. The topological polar surface area (TPSA) is 55.5 Å². The standard InChI is InChI=1S/C13H16F3NO2/c14-13(15,16)8-1-6-12(11(17)7-8)19-10-4-2-9(18)3-5-10/h1,6-7,9-10,18H,2-5,17H2. The van der Waals surface area contributed by atoms with Gasteiger partial charge < -0.3 is 15.6 Å². The van der Waals surface area contributed by atoms with Crippen LogP contribution in [0.2, 0.25) is 0 Å². The van der Waals surface area contributed by atoms with Crippen molar-refractivity contribution < 1.29 is 23.0 Å². The van der Waals surface area contributed by atoms with Crippen molar-refractivity contribution in [1.29, 1.82) is 0 Å². The average molecular weight is 275 g/mol. The second kappa shape index (κ2) is 5.28. The van der Waals surface area contributed by atoms with Gasteiger partial charge in [0.05, 0.1) is 23.5 Å². The quantitative estimate of drug-likeness (QED) is 0.816. The van der Waals surface area contributed by atoms with E-state index in [1.54, 1.807) is 0 Å². The molecule has 1 aromatic rings. The maximum Gasteiger partial charge on any atom is 0.416 e. The minimum atomic E-state index is -4.40. The summed E-state index contributed by atoms with van der Waals surface area (Å²) in [5.74, 6) is 0.273. The van der Waals surface area contributed by atoms with Crippen molar-refractivity contribution in [2.24, 2.45) is 0 Å². The minimum absolute atomic E-state index is 0.0130. The van der Waals surface area contributed by atoms with Crippen molar-refractivity contribution in [1.82, 2.24) is 0 Å². The van der Waals surface area contributed by atoms with Crippen LogP contribution in [0.5, 0.6) is 5.75 Å². The van der Waals surface area contributed by atoms with Crippen molar-refractivity contribution in [3.63, 3.8) is 0 Å². The van der Waals surface area contributed by atoms with Crippen molar-refractivity contribution >= 4 is 5.69 Å². The molecule has 1 aliphatic rings. The third-order valence-corrected chi connectivity index (χ3v) is 3.27. The lowest BCUT2D eigenvalue weighted by Gasteiger charge is -2.26. The van der Waals surface area contributed by atoms with Crippen LogP contribution in [-0.4, -0.2) is 17.3 Å². The second-order valence-electron chi connectivity index (χ2n) is 4.80. The highest BCUT2D eigenvalue weighted by atomic mass is 19.4. The number of benzene rings is 1. The zero-order valence-corrected chi connectivity index (χ0v) is 10.3. The number of halogens is 3. The molecule has 0 unspecified atom stereocenters. The molecule has 2 rings (SSSR count). The van der Waals surface area contributed by atoms with E-state index in [0.29, 0.717) is 25.7 Å². The molecule has 0 aliphatic heterocycles. The number of hydrogen-bond acceptors (Lipinski definition) is 3. The highest BCUT2D eigenvalue weighted by Gasteiger charge is 2.31. The molecule has 0 heterocycles. The third kappa shape index (κ3) is 3.53. The highest BCUT2D eigenvalue weighted by molar-refractivity contribution is 5.54. The zero-order chi connectivity index (χ0) is 14.0. The summed E-state index contributed by atoms with van der Waals surface area (Å²) in [5, 5.41) is 9.37. The lowest BCUT2D eigenvalue weighted by atomic mass is 9.95. The molecule has 1 saturated carbocycles. The minimum Gasteiger partial charge on any atom is -0.488 e. The molecule has 0 aromatic heterocycles. The van der Waals surface area contributed by atoms with E-state index in [4.69, 9.17) is 10.5 Å². The lowest BCUT2D eigenvalue weighted by Crippen LogP contribution is -2.26. The van der Waals surface area contributed by atoms with E-state index in [9.17, 15) is 18.3 Å². The molecular formula is C13H16F3NO2. The third-order valence-electron chi connectivity index (χ3n) is 3.27. The molecule has 0 saturated heterocycles. The number of nitrogen functional groups attached to an aromatic ring is 1. The Morgan fingerprint density at radius 3 is 2.32 bits per heavy atom. The molecule has 106 valence electrons. The molecule has 1 aromatic carbocycles. The predicted octanol–water partition coefficient (Wildman–Crippen LogP) is 2.97. The summed E-state index contributed by atoms with van der Waals surface area (Å²) in [6.45, 7) is 0. The molecular weight excluding hydrogens is 259 g/mol. The summed E-state index contributed by atoms with van der Waals surface area (Å²) in [4.78, 5) is 0. The Morgan fingerprint density at radius 2 is 1.79 bits per heavy atom. The normalized spacial score (nSPS) is 24.2. The predicted molar refractivity (Wildman–Crippen MR) is 64.7 cm³/mol. The largest absolute Gasteiger partial charge is 0.488 e. The maximum absolute atomic E-state index is 12.5. The van der Waals surface area contributed by atoms with Crippen LogP contribution in [-0.2, 0) is 6.18 Å². The van der Waals surface area contributed by atoms with Gasteiger partial charge in [0.1, 0.15) is 5.75 Å². The van der Waals surface area contributed by atoms with Gasteiger partial charge in [0.2, 0.25) is 0 Å². The van der Waals surface area contributed by atoms with Crippen molar-refractivity contribution in [3.8, 4) is 5.75 Å². The Morgan fingerprint density at radius 1 is 1.16 bits per heavy atom. The molecule has 0 radical (unpaired) electrons. The van der Waals surface area contributed by atoms with Crippen LogP contribution in [0.25, 0.3) is 0 Å². The van der Waals surface area contributed by atoms with E-state index in [1.165, 1.54) is 6.07 Å². The molecule has 1 aliphatic carbocycles. The van der Waals surface area contributed by atoms with Crippen LogP contribution in [0.4, 0.5) is 18.9 Å². The summed E-state index contributed by atoms with van der Waals surface area (Å²) < 4.78 is 43.0. The van der Waals surface area contributed by atoms with Gasteiger partial charge in [0.15, 0.2) is 0 Å². The van der Waals surface area contributed by atoms with Gasteiger partial charge in [-0.15, -0.1) is 0 Å². The van der Waals surface area contributed by atoms with Gasteiger partial charge in [-0.1, -0.05) is 0 Å². The van der Waals surface area contributed by atoms with E-state index in [-0.39, 0.29) is 23.6 Å². The summed E-state index contributed by atoms with van der Waals surface area (Å²) in [7, 11) is 0. The number of hydrogen-bond donors (Lipinski definition) is 2. The van der Waals surface area contributed by atoms with Crippen molar-refractivity contribution in [2.75, 3.05) is 5.73 Å². The van der Waals surface area contributed by atoms with Crippen molar-refractivity contribution in [3.05, 3.63) is 23.8 Å². The molecule has 1 fully saturated rings. The van der Waals surface area contributed by atoms with Crippen LogP contribution < -0.4 is 10.5 Å². The summed E-state index contributed by atoms with van der Waals surface area (Å²) >= 11 is 0. The van der Waals surface area contributed by atoms with Crippen LogP contribution >= 0.6 is 0 Å². The van der Waals surface area contributed by atoms with E-state index in [0.717, 1.165) is 12.1 Å². The number of anilines is 1. The van der Waals surface area contributed by atoms with Gasteiger partial charge in [-0.3, -0.25) is 0 Å². The van der Waals surface area contributed by atoms with Gasteiger partial charge in [-0.25, -0.2) is 0 Å². The number of ether oxygens (including phenoxy) is 1. The molecule has 6 heteroatoms. The number of aliphatic hydroxyl groups excluding tert-OH is 1. The van der Waals surface area contributed by atoms with Gasteiger partial charge in [0.25, 0.3) is 0 Å². The highest BCUT2D eigenvalue weighted by Crippen LogP contribution is 2.35. The van der Waals surface area contributed by atoms with E-state index in [1.807, 2.05) is 0 Å². The van der Waals surface area contributed by atoms with Gasteiger partial charge in [0, 0.05) is 0 Å². The molecule has 0 amide bonds. The first kappa shape index (κ1) is 14.0. The summed E-state index contributed by atoms with van der Waals surface area (Å²) in [6.07, 6.45) is -2.14. The molecule has 0 bridgehead atoms. The second-order valence-corrected chi connectivity index (χ2v) is 4.80. The Labute approximate surface area is 109 Å². The fraction of sp³-hybridized carbons (Fsp3) is 0.538. The first-order valence-corrected chi connectivity index (χ1v) is 6.17.